The fourth-order valence-corrected chi connectivity index (χ4v) is 9.05. The molecule has 0 aliphatic carbocycles. The van der Waals surface area contributed by atoms with Gasteiger partial charge < -0.3 is 40.2 Å². The first kappa shape index (κ1) is 46.5. The Balaban J connectivity index is 1.10. The van der Waals surface area contributed by atoms with Crippen molar-refractivity contribution in [3.05, 3.63) is 77.2 Å². The van der Waals surface area contributed by atoms with Crippen LogP contribution in [0.5, 0.6) is 0 Å². The lowest BCUT2D eigenvalue weighted by molar-refractivity contribution is -0.137. The largest absolute Gasteiger partial charge is 0.453 e. The maximum Gasteiger partial charge on any atom is 0.407 e. The number of imidazole rings is 1. The number of carbonyl (C=O) groups is 4. The van der Waals surface area contributed by atoms with Crippen molar-refractivity contribution in [1.29, 1.82) is 0 Å². The highest BCUT2D eigenvalue weighted by Crippen LogP contribution is 2.33. The fraction of sp³-hybridized carbons (Fsp3) is 0.500. The Morgan fingerprint density at radius 1 is 0.810 bits per heavy atom. The summed E-state index contributed by atoms with van der Waals surface area (Å²) < 4.78 is 38.4. The van der Waals surface area contributed by atoms with E-state index in [4.69, 9.17) is 14.5 Å². The molecule has 19 heteroatoms. The van der Waals surface area contributed by atoms with Crippen LogP contribution < -0.4 is 16.0 Å². The monoisotopic (exact) mass is 886 g/mol. The molecule has 3 aliphatic heterocycles. The molecular weight excluding hydrogens is 829 g/mol. The molecule has 1 unspecified atom stereocenters. The Bertz CT molecular complexity index is 2340. The van der Waals surface area contributed by atoms with Gasteiger partial charge in [0.15, 0.2) is 0 Å². The molecule has 4 heterocycles. The van der Waals surface area contributed by atoms with Gasteiger partial charge in [-0.1, -0.05) is 63.8 Å². The average molecular weight is 887 g/mol. The lowest BCUT2D eigenvalue weighted by atomic mass is 10.0. The van der Waals surface area contributed by atoms with Gasteiger partial charge >= 0.3 is 12.2 Å². The Morgan fingerprint density at radius 3 is 1.90 bits per heavy atom. The number of benzene rings is 2. The molecule has 2 saturated heterocycles. The highest BCUT2D eigenvalue weighted by molar-refractivity contribution is 7.86. The van der Waals surface area contributed by atoms with Gasteiger partial charge in [-0.15, -0.1) is 0 Å². The number of aromatic amines is 1. The van der Waals surface area contributed by atoms with Crippen molar-refractivity contribution in [2.24, 2.45) is 16.8 Å². The van der Waals surface area contributed by atoms with E-state index in [1.54, 1.807) is 16.0 Å². The van der Waals surface area contributed by atoms with Crippen molar-refractivity contribution in [2.75, 3.05) is 61.0 Å². The van der Waals surface area contributed by atoms with Crippen LogP contribution in [0.2, 0.25) is 0 Å². The first-order chi connectivity index (χ1) is 30.0. The Morgan fingerprint density at radius 2 is 1.37 bits per heavy atom. The molecule has 5 atom stereocenters. The van der Waals surface area contributed by atoms with Gasteiger partial charge in [-0.2, -0.15) is 17.0 Å². The molecule has 3 aliphatic rings. The van der Waals surface area contributed by atoms with Crippen LogP contribution in [-0.4, -0.2) is 146 Å². The predicted octanol–water partition coefficient (Wildman–Crippen LogP) is 3.26. The third-order valence-electron chi connectivity index (χ3n) is 11.6. The number of aromatic nitrogens is 2. The molecule has 4 N–H and O–H groups in total. The van der Waals surface area contributed by atoms with Gasteiger partial charge in [0.25, 0.3) is 10.2 Å². The number of carbonyl (C=O) groups excluding carboxylic acids is 4. The number of alkyl carbamates (subject to hydrolysis) is 2. The van der Waals surface area contributed by atoms with E-state index in [0.717, 1.165) is 45.1 Å². The van der Waals surface area contributed by atoms with Crippen LogP contribution in [0.15, 0.2) is 59.7 Å². The zero-order chi connectivity index (χ0) is 45.6. The number of nitrogens with zero attached hydrogens (tertiary/aromatic N) is 6. The number of piperazine rings is 1. The molecule has 0 radical (unpaired) electrons. The number of rotatable bonds is 12. The first-order valence-electron chi connectivity index (χ1n) is 21.1. The average Bonchev–Trinajstić information content (AvgIpc) is 4.08. The number of hydrogen-bond donors (Lipinski definition) is 4. The zero-order valence-electron chi connectivity index (χ0n) is 37.0. The van der Waals surface area contributed by atoms with Crippen LogP contribution in [0.4, 0.5) is 9.59 Å². The van der Waals surface area contributed by atoms with Crippen molar-refractivity contribution in [3.8, 4) is 23.1 Å². The summed E-state index contributed by atoms with van der Waals surface area (Å²) in [6, 6.07) is 12.9. The molecule has 2 fully saturated rings. The van der Waals surface area contributed by atoms with Gasteiger partial charge in [-0.3, -0.25) is 14.6 Å². The number of hydrogen-bond acceptors (Lipinski definition) is 11. The molecule has 4 amide bonds. The number of ether oxygens (including phenoxy) is 2. The zero-order valence-corrected chi connectivity index (χ0v) is 37.9. The summed E-state index contributed by atoms with van der Waals surface area (Å²) in [5.74, 6) is 6.75. The number of likely N-dealkylation sites (tertiary alicyclic amines) is 1. The van der Waals surface area contributed by atoms with E-state index in [1.165, 1.54) is 32.6 Å². The fourth-order valence-electron chi connectivity index (χ4n) is 7.95. The maximum atomic E-state index is 14.0. The minimum Gasteiger partial charge on any atom is -0.453 e. The van der Waals surface area contributed by atoms with Gasteiger partial charge in [-0.25, -0.2) is 14.6 Å². The van der Waals surface area contributed by atoms with Gasteiger partial charge in [-0.05, 0) is 60.1 Å². The molecule has 1 aromatic heterocycles. The summed E-state index contributed by atoms with van der Waals surface area (Å²) in [4.78, 5) is 67.8. The number of methoxy groups -OCH3 is 2. The number of aliphatic imine (C=N–C) groups is 1. The normalized spacial score (nSPS) is 20.1. The summed E-state index contributed by atoms with van der Waals surface area (Å²) in [6.07, 6.45) is 1.98. The lowest BCUT2D eigenvalue weighted by Crippen LogP contribution is -2.65. The second kappa shape index (κ2) is 20.0. The summed E-state index contributed by atoms with van der Waals surface area (Å²) in [7, 11) is 1.67. The van der Waals surface area contributed by atoms with Crippen molar-refractivity contribution in [1.82, 2.24) is 44.3 Å². The molecule has 0 bridgehead atoms. The second-order valence-electron chi connectivity index (χ2n) is 16.7. The quantitative estimate of drug-likeness (QED) is 0.195. The van der Waals surface area contributed by atoms with E-state index >= 15 is 0 Å². The highest BCUT2D eigenvalue weighted by atomic mass is 32.2. The number of H-pyrrole nitrogens is 1. The van der Waals surface area contributed by atoms with Crippen LogP contribution in [0.25, 0.3) is 11.3 Å². The van der Waals surface area contributed by atoms with Gasteiger partial charge in [0.2, 0.25) is 11.8 Å². The van der Waals surface area contributed by atoms with Crippen LogP contribution >= 0.6 is 0 Å². The minimum absolute atomic E-state index is 0.00841. The number of amidine groups is 1. The van der Waals surface area contributed by atoms with Crippen molar-refractivity contribution >= 4 is 40.0 Å². The van der Waals surface area contributed by atoms with Crippen LogP contribution in [0.3, 0.4) is 0 Å². The minimum atomic E-state index is -3.78. The maximum absolute atomic E-state index is 14.0. The Hall–Kier alpha value is -5.97. The SMILES string of the molecule is COC(=O)N[C@H](C(=O)N1CCN(S(=O)(=O)N(C)C)C[C@H]1C1=NCC(c2ccc(C#Cc3ccc(-c4cnc([C@@H]5CCCN5C(=O)[C@@H](NC(=O)OC)C(C)C)[nH]4)cc3)cc2)N1)C(C)C. The molecule has 18 nitrogen and oxygen atoms in total. The van der Waals surface area contributed by atoms with Crippen molar-refractivity contribution in [3.63, 3.8) is 0 Å². The van der Waals surface area contributed by atoms with E-state index < -0.39 is 40.5 Å². The first-order valence-corrected chi connectivity index (χ1v) is 22.5. The molecule has 3 aromatic rings. The topological polar surface area (TPSA) is 211 Å². The molecule has 2 aromatic carbocycles. The highest BCUT2D eigenvalue weighted by Gasteiger charge is 2.43. The molecule has 0 spiro atoms. The molecule has 6 rings (SSSR count). The summed E-state index contributed by atoms with van der Waals surface area (Å²) in [5.41, 5.74) is 4.31. The number of nitrogens with one attached hydrogen (secondary N) is 4. The smallest absolute Gasteiger partial charge is 0.407 e. The van der Waals surface area contributed by atoms with E-state index in [1.807, 2.05) is 76.2 Å². The van der Waals surface area contributed by atoms with Gasteiger partial charge in [0.05, 0.1) is 44.7 Å². The van der Waals surface area contributed by atoms with Crippen molar-refractivity contribution < 1.29 is 37.1 Å². The molecule has 63 heavy (non-hydrogen) atoms. The standard InChI is InChI=1S/C44H58N10O8S/c1-27(2)37(49-43(57)61-7)41(55)53-21-9-10-35(53)39-45-24-33(47-39)31-17-13-29(14-18-31)11-12-30-15-19-32(20-16-30)34-25-46-40(48-34)36-26-52(63(59,60)51(5)6)22-23-54(36)42(56)38(28(3)4)50-44(58)62-8/h13-20,24,27-28,34-38H,9-10,21-23,25-26H2,1-8H3,(H,45,47)(H,46,48)(H,49,57)(H,50,58)/t34?,35-,36-,37-,38-/m0/s1. The third kappa shape index (κ3) is 10.6. The van der Waals surface area contributed by atoms with E-state index in [9.17, 15) is 27.6 Å². The molecule has 338 valence electrons. The van der Waals surface area contributed by atoms with E-state index in [-0.39, 0.29) is 55.4 Å². The summed E-state index contributed by atoms with van der Waals surface area (Å²) in [6.45, 7) is 8.54. The van der Waals surface area contributed by atoms with Gasteiger partial charge in [0, 0.05) is 51.4 Å². The summed E-state index contributed by atoms with van der Waals surface area (Å²) in [5, 5.41) is 8.77. The predicted molar refractivity (Wildman–Crippen MR) is 236 cm³/mol. The van der Waals surface area contributed by atoms with Gasteiger partial charge in [0.1, 0.15) is 29.8 Å². The lowest BCUT2D eigenvalue weighted by Gasteiger charge is -2.43. The van der Waals surface area contributed by atoms with Crippen molar-refractivity contribution in [2.45, 2.75) is 70.7 Å². The Kier molecular flexibility index (Phi) is 14.8. The Labute approximate surface area is 369 Å². The summed E-state index contributed by atoms with van der Waals surface area (Å²) >= 11 is 0. The third-order valence-corrected chi connectivity index (χ3v) is 13.5. The van der Waals surface area contributed by atoms with Crippen LogP contribution in [-0.2, 0) is 29.3 Å². The second-order valence-corrected chi connectivity index (χ2v) is 18.8. The molecule has 0 saturated carbocycles. The number of amides is 4. The van der Waals surface area contributed by atoms with Crippen LogP contribution in [0.1, 0.15) is 75.1 Å². The van der Waals surface area contributed by atoms with E-state index in [0.29, 0.717) is 24.7 Å². The van der Waals surface area contributed by atoms with E-state index in [2.05, 4.69) is 37.8 Å². The molecular formula is C44H58N10O8S. The van der Waals surface area contributed by atoms with Crippen LogP contribution in [0, 0.1) is 23.7 Å².